The van der Waals surface area contributed by atoms with E-state index in [1.165, 1.54) is 0 Å². The average molecular weight is 222 g/mol. The lowest BCUT2D eigenvalue weighted by atomic mass is 10.0. The highest BCUT2D eigenvalue weighted by molar-refractivity contribution is 8.00. The van der Waals surface area contributed by atoms with E-state index in [2.05, 4.69) is 13.8 Å². The predicted octanol–water partition coefficient (Wildman–Crippen LogP) is 3.63. The second kappa shape index (κ2) is 5.36. The van der Waals surface area contributed by atoms with E-state index in [9.17, 15) is 4.79 Å². The molecule has 1 rings (SSSR count). The average Bonchev–Trinajstić information content (AvgIpc) is 2.18. The third kappa shape index (κ3) is 3.71. The highest BCUT2D eigenvalue weighted by Crippen LogP contribution is 2.16. The number of aryl methyl sites for hydroxylation is 2. The molecule has 1 aromatic carbocycles. The van der Waals surface area contributed by atoms with Crippen LogP contribution in [0.5, 0.6) is 0 Å². The maximum absolute atomic E-state index is 11.9. The number of carbonyl (C=O) groups is 1. The number of carbonyl (C=O) groups excluding carboxylic acids is 1. The minimum absolute atomic E-state index is 0.245. The van der Waals surface area contributed by atoms with Crippen LogP contribution in [-0.4, -0.2) is 16.8 Å². The van der Waals surface area contributed by atoms with E-state index < -0.39 is 0 Å². The molecule has 0 aliphatic rings. The Hall–Kier alpha value is -0.760. The summed E-state index contributed by atoms with van der Waals surface area (Å²) in [5.74, 6) is 0.831. The standard InChI is InChI=1S/C13H18OS/c1-9(2)15-8-13(14)12-7-10(3)5-6-11(12)4/h5-7,9H,8H2,1-4H3. The summed E-state index contributed by atoms with van der Waals surface area (Å²) in [6, 6.07) is 6.04. The lowest BCUT2D eigenvalue weighted by Crippen LogP contribution is -2.07. The Balaban J connectivity index is 2.77. The van der Waals surface area contributed by atoms with Gasteiger partial charge in [-0.25, -0.2) is 0 Å². The highest BCUT2D eigenvalue weighted by Gasteiger charge is 2.09. The van der Waals surface area contributed by atoms with Crippen LogP contribution in [0.4, 0.5) is 0 Å². The van der Waals surface area contributed by atoms with E-state index in [1.807, 2.05) is 32.0 Å². The molecule has 0 amide bonds. The zero-order chi connectivity index (χ0) is 11.4. The molecule has 0 spiro atoms. The summed E-state index contributed by atoms with van der Waals surface area (Å²) in [5.41, 5.74) is 3.11. The van der Waals surface area contributed by atoms with Gasteiger partial charge in [0, 0.05) is 5.56 Å². The number of rotatable bonds is 4. The molecule has 0 atom stereocenters. The summed E-state index contributed by atoms with van der Waals surface area (Å²) >= 11 is 1.70. The second-order valence-electron chi connectivity index (χ2n) is 4.10. The minimum atomic E-state index is 0.245. The minimum Gasteiger partial charge on any atom is -0.293 e. The molecule has 82 valence electrons. The van der Waals surface area contributed by atoms with E-state index in [1.54, 1.807) is 11.8 Å². The summed E-state index contributed by atoms with van der Waals surface area (Å²) in [5, 5.41) is 0.513. The molecule has 0 bridgehead atoms. The first-order chi connectivity index (χ1) is 7.00. The molecule has 0 saturated carbocycles. The van der Waals surface area contributed by atoms with Crippen LogP contribution in [0.25, 0.3) is 0 Å². The van der Waals surface area contributed by atoms with Gasteiger partial charge in [-0.1, -0.05) is 31.5 Å². The van der Waals surface area contributed by atoms with Crippen LogP contribution in [0.15, 0.2) is 18.2 Å². The van der Waals surface area contributed by atoms with Gasteiger partial charge in [-0.3, -0.25) is 4.79 Å². The van der Waals surface area contributed by atoms with E-state index in [0.717, 1.165) is 16.7 Å². The van der Waals surface area contributed by atoms with Crippen LogP contribution in [0.3, 0.4) is 0 Å². The molecule has 0 aliphatic carbocycles. The van der Waals surface area contributed by atoms with Crippen molar-refractivity contribution in [1.82, 2.24) is 0 Å². The third-order valence-electron chi connectivity index (χ3n) is 2.24. The smallest absolute Gasteiger partial charge is 0.173 e. The van der Waals surface area contributed by atoms with Gasteiger partial charge in [-0.05, 0) is 30.7 Å². The molecule has 2 heteroatoms. The molecule has 0 aliphatic heterocycles. The van der Waals surface area contributed by atoms with Gasteiger partial charge in [0.1, 0.15) is 0 Å². The molecule has 1 nitrogen and oxygen atoms in total. The first kappa shape index (κ1) is 12.3. The number of hydrogen-bond acceptors (Lipinski definition) is 2. The van der Waals surface area contributed by atoms with Gasteiger partial charge in [0.05, 0.1) is 5.75 Å². The molecule has 1 aromatic rings. The van der Waals surface area contributed by atoms with Crippen LogP contribution in [0, 0.1) is 13.8 Å². The molecule has 0 radical (unpaired) electrons. The van der Waals surface area contributed by atoms with E-state index >= 15 is 0 Å². The number of hydrogen-bond donors (Lipinski definition) is 0. The molecule has 0 aromatic heterocycles. The molecule has 0 heterocycles. The molecule has 0 fully saturated rings. The van der Waals surface area contributed by atoms with Crippen molar-refractivity contribution in [3.63, 3.8) is 0 Å². The van der Waals surface area contributed by atoms with Crippen molar-refractivity contribution in [2.24, 2.45) is 0 Å². The van der Waals surface area contributed by atoms with Gasteiger partial charge >= 0.3 is 0 Å². The number of thioether (sulfide) groups is 1. The zero-order valence-corrected chi connectivity index (χ0v) is 10.6. The Kier molecular flexibility index (Phi) is 4.40. The van der Waals surface area contributed by atoms with Gasteiger partial charge in [-0.15, -0.1) is 0 Å². The Morgan fingerprint density at radius 2 is 2.00 bits per heavy atom. The lowest BCUT2D eigenvalue weighted by molar-refractivity contribution is 0.102. The molecular formula is C13H18OS. The van der Waals surface area contributed by atoms with Crippen molar-refractivity contribution >= 4 is 17.5 Å². The van der Waals surface area contributed by atoms with Crippen molar-refractivity contribution in [2.75, 3.05) is 5.75 Å². The normalized spacial score (nSPS) is 10.7. The fourth-order valence-electron chi connectivity index (χ4n) is 1.36. The summed E-state index contributed by atoms with van der Waals surface area (Å²) in [4.78, 5) is 11.9. The Labute approximate surface area is 96.3 Å². The summed E-state index contributed by atoms with van der Waals surface area (Å²) < 4.78 is 0. The van der Waals surface area contributed by atoms with E-state index in [-0.39, 0.29) is 5.78 Å². The predicted molar refractivity (Wildman–Crippen MR) is 67.8 cm³/mol. The van der Waals surface area contributed by atoms with Crippen LogP contribution >= 0.6 is 11.8 Å². The quantitative estimate of drug-likeness (QED) is 0.724. The molecule has 0 N–H and O–H groups in total. The van der Waals surface area contributed by atoms with E-state index in [4.69, 9.17) is 0 Å². The Morgan fingerprint density at radius 3 is 2.60 bits per heavy atom. The van der Waals surface area contributed by atoms with Crippen molar-refractivity contribution in [2.45, 2.75) is 32.9 Å². The van der Waals surface area contributed by atoms with Gasteiger partial charge < -0.3 is 0 Å². The first-order valence-electron chi connectivity index (χ1n) is 5.22. The SMILES string of the molecule is Cc1ccc(C)c(C(=O)CSC(C)C)c1. The van der Waals surface area contributed by atoms with Crippen molar-refractivity contribution in [1.29, 1.82) is 0 Å². The largest absolute Gasteiger partial charge is 0.293 e. The summed E-state index contributed by atoms with van der Waals surface area (Å²) in [7, 11) is 0. The summed E-state index contributed by atoms with van der Waals surface area (Å²) in [6.45, 7) is 8.24. The number of Topliss-reactive ketones (excluding diaryl/α,β-unsaturated/α-hetero) is 1. The Morgan fingerprint density at radius 1 is 1.33 bits per heavy atom. The van der Waals surface area contributed by atoms with Gasteiger partial charge in [0.2, 0.25) is 0 Å². The zero-order valence-electron chi connectivity index (χ0n) is 9.83. The van der Waals surface area contributed by atoms with E-state index in [0.29, 0.717) is 11.0 Å². The topological polar surface area (TPSA) is 17.1 Å². The lowest BCUT2D eigenvalue weighted by Gasteiger charge is -2.07. The monoisotopic (exact) mass is 222 g/mol. The van der Waals surface area contributed by atoms with Crippen molar-refractivity contribution in [3.8, 4) is 0 Å². The van der Waals surface area contributed by atoms with Crippen molar-refractivity contribution in [3.05, 3.63) is 34.9 Å². The van der Waals surface area contributed by atoms with Gasteiger partial charge in [-0.2, -0.15) is 11.8 Å². The highest BCUT2D eigenvalue weighted by atomic mass is 32.2. The Bertz CT molecular complexity index is 356. The van der Waals surface area contributed by atoms with Crippen molar-refractivity contribution < 1.29 is 4.79 Å². The van der Waals surface area contributed by atoms with Gasteiger partial charge in [0.25, 0.3) is 0 Å². The molecular weight excluding hydrogens is 204 g/mol. The fourth-order valence-corrected chi connectivity index (χ4v) is 2.00. The molecule has 0 unspecified atom stereocenters. The van der Waals surface area contributed by atoms with Crippen LogP contribution in [0.2, 0.25) is 0 Å². The molecule has 15 heavy (non-hydrogen) atoms. The first-order valence-corrected chi connectivity index (χ1v) is 6.27. The molecule has 0 saturated heterocycles. The fraction of sp³-hybridized carbons (Fsp3) is 0.462. The van der Waals surface area contributed by atoms with Crippen LogP contribution < -0.4 is 0 Å². The van der Waals surface area contributed by atoms with Crippen LogP contribution in [0.1, 0.15) is 35.3 Å². The summed E-state index contributed by atoms with van der Waals surface area (Å²) in [6.07, 6.45) is 0. The maximum Gasteiger partial charge on any atom is 0.173 e. The number of ketones is 1. The van der Waals surface area contributed by atoms with Gasteiger partial charge in [0.15, 0.2) is 5.78 Å². The third-order valence-corrected chi connectivity index (χ3v) is 3.34. The number of benzene rings is 1. The second-order valence-corrected chi connectivity index (χ2v) is 5.67. The van der Waals surface area contributed by atoms with Crippen LogP contribution in [-0.2, 0) is 0 Å². The maximum atomic E-state index is 11.9.